The van der Waals surface area contributed by atoms with Gasteiger partial charge in [0.05, 0.1) is 29.4 Å². The van der Waals surface area contributed by atoms with Crippen molar-refractivity contribution in [3.8, 4) is 0 Å². The number of nitrogens with one attached hydrogen (secondary N) is 1. The van der Waals surface area contributed by atoms with Crippen LogP contribution in [0.4, 0.5) is 5.69 Å². The van der Waals surface area contributed by atoms with Gasteiger partial charge in [-0.1, -0.05) is 24.4 Å². The third-order valence-corrected chi connectivity index (χ3v) is 5.92. The number of oxime groups is 1. The van der Waals surface area contributed by atoms with Gasteiger partial charge in [-0.15, -0.1) is 0 Å². The van der Waals surface area contributed by atoms with Crippen LogP contribution in [0, 0.1) is 0 Å². The van der Waals surface area contributed by atoms with E-state index in [1.807, 2.05) is 11.6 Å². The van der Waals surface area contributed by atoms with Gasteiger partial charge in [-0.25, -0.2) is 9.67 Å². The van der Waals surface area contributed by atoms with E-state index < -0.39 is 17.4 Å². The summed E-state index contributed by atoms with van der Waals surface area (Å²) in [7, 11) is 0. The molecule has 1 fully saturated rings. The minimum Gasteiger partial charge on any atom is -0.381 e. The van der Waals surface area contributed by atoms with Gasteiger partial charge in [0, 0.05) is 30.8 Å². The molecule has 1 aliphatic heterocycles. The van der Waals surface area contributed by atoms with Crippen LogP contribution in [0.2, 0.25) is 0 Å². The Morgan fingerprint density at radius 2 is 2.03 bits per heavy atom. The number of primary amides is 2. The molecule has 0 bridgehead atoms. The van der Waals surface area contributed by atoms with E-state index >= 15 is 0 Å². The molecule has 2 aliphatic rings. The van der Waals surface area contributed by atoms with Crippen LogP contribution < -0.4 is 16.8 Å². The number of carbonyl (C=O) groups is 2. The average Bonchev–Trinajstić information content (AvgIpc) is 3.33. The number of pyridine rings is 1. The van der Waals surface area contributed by atoms with E-state index in [4.69, 9.17) is 16.3 Å². The molecule has 0 spiro atoms. The minimum absolute atomic E-state index is 0.0553. The summed E-state index contributed by atoms with van der Waals surface area (Å²) in [6.45, 7) is 2.71. The predicted molar refractivity (Wildman–Crippen MR) is 112 cm³/mol. The monoisotopic (exact) mass is 413 g/mol. The Balaban J connectivity index is 1.74. The third kappa shape index (κ3) is 3.57. The number of rotatable bonds is 7. The zero-order chi connectivity index (χ0) is 21.3. The number of amides is 2. The molecule has 1 atom stereocenters. The number of aromatic nitrogens is 3. The van der Waals surface area contributed by atoms with E-state index in [9.17, 15) is 9.59 Å². The molecule has 2 aromatic heterocycles. The van der Waals surface area contributed by atoms with Crippen LogP contribution in [0.5, 0.6) is 0 Å². The van der Waals surface area contributed by atoms with Gasteiger partial charge < -0.3 is 21.6 Å². The number of anilines is 1. The molecule has 0 aromatic carbocycles. The summed E-state index contributed by atoms with van der Waals surface area (Å²) in [6, 6.07) is 0.336. The molecule has 10 nitrogen and oxygen atoms in total. The van der Waals surface area contributed by atoms with Crippen LogP contribution >= 0.6 is 0 Å². The maximum absolute atomic E-state index is 12.1. The molecule has 5 N–H and O–H groups in total. The number of hydrogen-bond donors (Lipinski definition) is 3. The van der Waals surface area contributed by atoms with Crippen molar-refractivity contribution in [3.05, 3.63) is 18.0 Å². The van der Waals surface area contributed by atoms with Gasteiger partial charge in [-0.2, -0.15) is 5.10 Å². The molecule has 4 rings (SSSR count). The van der Waals surface area contributed by atoms with Gasteiger partial charge in [0.25, 0.3) is 5.91 Å². The maximum atomic E-state index is 12.1. The normalized spacial score (nSPS) is 22.0. The lowest BCUT2D eigenvalue weighted by Crippen LogP contribution is -2.47. The van der Waals surface area contributed by atoms with E-state index in [-0.39, 0.29) is 12.8 Å². The van der Waals surface area contributed by atoms with Crippen LogP contribution in [0.1, 0.15) is 57.4 Å². The van der Waals surface area contributed by atoms with Crippen LogP contribution in [0.25, 0.3) is 11.0 Å². The summed E-state index contributed by atoms with van der Waals surface area (Å²) < 4.78 is 1.83. The van der Waals surface area contributed by atoms with Gasteiger partial charge in [0.2, 0.25) is 11.5 Å². The Morgan fingerprint density at radius 3 is 2.70 bits per heavy atom. The summed E-state index contributed by atoms with van der Waals surface area (Å²) in [4.78, 5) is 33.5. The zero-order valence-electron chi connectivity index (χ0n) is 17.1. The highest BCUT2D eigenvalue weighted by molar-refractivity contribution is 6.13. The smallest absolute Gasteiger partial charge is 0.265 e. The lowest BCUT2D eigenvalue weighted by molar-refractivity contribution is -0.145. The zero-order valence-corrected chi connectivity index (χ0v) is 17.1. The summed E-state index contributed by atoms with van der Waals surface area (Å²) in [5.74, 6) is -1.45. The highest BCUT2D eigenvalue weighted by Gasteiger charge is 2.47. The van der Waals surface area contributed by atoms with Crippen molar-refractivity contribution in [1.29, 1.82) is 0 Å². The lowest BCUT2D eigenvalue weighted by atomic mass is 9.89. The van der Waals surface area contributed by atoms with Crippen molar-refractivity contribution < 1.29 is 14.4 Å². The highest BCUT2D eigenvalue weighted by atomic mass is 16.7. The van der Waals surface area contributed by atoms with Gasteiger partial charge in [-0.05, 0) is 19.8 Å². The Labute approximate surface area is 174 Å². The van der Waals surface area contributed by atoms with Gasteiger partial charge in [0.1, 0.15) is 0 Å². The molecule has 0 radical (unpaired) electrons. The Morgan fingerprint density at radius 1 is 1.27 bits per heavy atom. The number of aryl methyl sites for hydroxylation is 1. The molecule has 2 amide bonds. The van der Waals surface area contributed by atoms with Crippen molar-refractivity contribution in [2.45, 2.75) is 70.1 Å². The van der Waals surface area contributed by atoms with Gasteiger partial charge >= 0.3 is 0 Å². The van der Waals surface area contributed by atoms with Crippen LogP contribution in [-0.4, -0.2) is 43.9 Å². The first-order valence-corrected chi connectivity index (χ1v) is 10.4. The van der Waals surface area contributed by atoms with Gasteiger partial charge in [0.15, 0.2) is 5.65 Å². The molecule has 10 heteroatoms. The number of nitrogens with zero attached hydrogens (tertiary/aromatic N) is 4. The summed E-state index contributed by atoms with van der Waals surface area (Å²) >= 11 is 0. The topological polar surface area (TPSA) is 151 Å². The largest absolute Gasteiger partial charge is 0.381 e. The fraction of sp³-hybridized carbons (Fsp3) is 0.550. The molecular weight excluding hydrogens is 386 g/mol. The molecule has 3 heterocycles. The quantitative estimate of drug-likeness (QED) is 0.624. The van der Waals surface area contributed by atoms with Crippen LogP contribution in [0.15, 0.2) is 17.5 Å². The SMILES string of the molecule is CCn1ncc2c(NC3CCCCC3)c(C3=NOC(CC(N)=O)(C(N)=O)C3)cnc21. The molecular formula is C20H27N7O3. The number of hydrogen-bond acceptors (Lipinski definition) is 7. The molecule has 2 aromatic rings. The average molecular weight is 413 g/mol. The van der Waals surface area contributed by atoms with Crippen molar-refractivity contribution in [3.63, 3.8) is 0 Å². The fourth-order valence-corrected chi connectivity index (χ4v) is 4.30. The molecule has 1 aliphatic carbocycles. The Bertz CT molecular complexity index is 1010. The molecule has 1 saturated carbocycles. The second kappa shape index (κ2) is 7.92. The van der Waals surface area contributed by atoms with Crippen LogP contribution in [0.3, 0.4) is 0 Å². The number of carbonyl (C=O) groups excluding carboxylic acids is 2. The van der Waals surface area contributed by atoms with Crippen LogP contribution in [-0.2, 0) is 21.0 Å². The molecule has 1 unspecified atom stereocenters. The second-order valence-corrected chi connectivity index (χ2v) is 8.03. The first kappa shape index (κ1) is 20.1. The van der Waals surface area contributed by atoms with E-state index in [2.05, 4.69) is 20.6 Å². The highest BCUT2D eigenvalue weighted by Crippen LogP contribution is 2.35. The second-order valence-electron chi connectivity index (χ2n) is 8.03. The third-order valence-electron chi connectivity index (χ3n) is 5.92. The minimum atomic E-state index is -1.56. The van der Waals surface area contributed by atoms with E-state index in [0.29, 0.717) is 18.3 Å². The first-order chi connectivity index (χ1) is 14.4. The Kier molecular flexibility index (Phi) is 5.31. The fourth-order valence-electron chi connectivity index (χ4n) is 4.30. The van der Waals surface area contributed by atoms with Gasteiger partial charge in [-0.3, -0.25) is 9.59 Å². The lowest BCUT2D eigenvalue weighted by Gasteiger charge is -2.25. The predicted octanol–water partition coefficient (Wildman–Crippen LogP) is 1.42. The molecule has 0 saturated heterocycles. The molecule has 30 heavy (non-hydrogen) atoms. The van der Waals surface area contributed by atoms with E-state index in [0.717, 1.165) is 35.1 Å². The summed E-state index contributed by atoms with van der Waals surface area (Å²) in [5.41, 5.74) is 12.1. The Hall–Kier alpha value is -3.17. The maximum Gasteiger partial charge on any atom is 0.265 e. The molecule has 160 valence electrons. The van der Waals surface area contributed by atoms with Crippen molar-refractivity contribution >= 4 is 34.2 Å². The van der Waals surface area contributed by atoms with E-state index in [1.165, 1.54) is 19.3 Å². The summed E-state index contributed by atoms with van der Waals surface area (Å²) in [5, 5.41) is 13.1. The standard InChI is InChI=1S/C20H27N7O3/c1-2-27-18-14(11-24-27)17(25-12-6-4-3-5-7-12)13(10-23-18)15-8-20(19(22)29,30-26-15)9-16(21)28/h10-12H,2-9H2,1H3,(H2,21,28)(H2,22,29)(H,23,25). The van der Waals surface area contributed by atoms with Crippen molar-refractivity contribution in [2.24, 2.45) is 16.6 Å². The van der Waals surface area contributed by atoms with E-state index in [1.54, 1.807) is 12.4 Å². The first-order valence-electron chi connectivity index (χ1n) is 10.4. The number of fused-ring (bicyclic) bond motifs is 1. The van der Waals surface area contributed by atoms with Crippen molar-refractivity contribution in [2.75, 3.05) is 5.32 Å². The summed E-state index contributed by atoms with van der Waals surface area (Å²) in [6.07, 6.45) is 9.02. The van der Waals surface area contributed by atoms with Crippen molar-refractivity contribution in [1.82, 2.24) is 14.8 Å². The number of nitrogens with two attached hydrogens (primary N) is 2.